The van der Waals surface area contributed by atoms with E-state index in [2.05, 4.69) is 15.1 Å². The second-order valence-electron chi connectivity index (χ2n) is 6.79. The lowest BCUT2D eigenvalue weighted by molar-refractivity contribution is -0.127. The van der Waals surface area contributed by atoms with Crippen molar-refractivity contribution >= 4 is 5.82 Å². The van der Waals surface area contributed by atoms with Crippen molar-refractivity contribution in [2.75, 3.05) is 44.4 Å². The number of piperidine rings is 1. The molecule has 0 bridgehead atoms. The lowest BCUT2D eigenvalue weighted by atomic mass is 9.91. The summed E-state index contributed by atoms with van der Waals surface area (Å²) in [5.41, 5.74) is 0. The van der Waals surface area contributed by atoms with Gasteiger partial charge in [0, 0.05) is 32.4 Å². The number of hydrogen-bond donors (Lipinski definition) is 0. The fourth-order valence-corrected chi connectivity index (χ4v) is 3.43. The van der Waals surface area contributed by atoms with Gasteiger partial charge in [-0.3, -0.25) is 0 Å². The zero-order chi connectivity index (χ0) is 18.2. The van der Waals surface area contributed by atoms with Gasteiger partial charge >= 0.3 is 0 Å². The van der Waals surface area contributed by atoms with E-state index < -0.39 is 0 Å². The van der Waals surface area contributed by atoms with Gasteiger partial charge in [0.2, 0.25) is 0 Å². The Morgan fingerprint density at radius 3 is 2.58 bits per heavy atom. The summed E-state index contributed by atoms with van der Waals surface area (Å²) in [5, 5.41) is 8.33. The molecule has 0 unspecified atom stereocenters. The zero-order valence-corrected chi connectivity index (χ0v) is 15.9. The average Bonchev–Trinajstić information content (AvgIpc) is 2.64. The SMILES string of the molecule is CCOCCOc1cnnc(N2CCC(OC3CC(OCC)C3)CC2)c1. The maximum atomic E-state index is 6.21. The molecule has 1 aliphatic carbocycles. The van der Waals surface area contributed by atoms with Gasteiger partial charge in [-0.1, -0.05) is 0 Å². The van der Waals surface area contributed by atoms with Crippen molar-refractivity contribution in [1.82, 2.24) is 10.2 Å². The standard InChI is InChI=1S/C19H31N3O4/c1-3-23-9-10-25-18-13-19(21-20-14-18)22-7-5-15(6-8-22)26-17-11-16(12-17)24-4-2/h13-17H,3-12H2,1-2H3. The summed E-state index contributed by atoms with van der Waals surface area (Å²) >= 11 is 0. The quantitative estimate of drug-likeness (QED) is 0.590. The van der Waals surface area contributed by atoms with E-state index in [1.54, 1.807) is 6.20 Å². The molecular formula is C19H31N3O4. The Morgan fingerprint density at radius 2 is 1.85 bits per heavy atom. The van der Waals surface area contributed by atoms with Crippen LogP contribution in [-0.2, 0) is 14.2 Å². The number of rotatable bonds is 10. The van der Waals surface area contributed by atoms with Crippen molar-refractivity contribution in [3.63, 3.8) is 0 Å². The number of anilines is 1. The molecule has 1 aromatic heterocycles. The predicted octanol–water partition coefficient (Wildman–Crippen LogP) is 2.44. The first kappa shape index (κ1) is 19.3. The number of ether oxygens (including phenoxy) is 4. The van der Waals surface area contributed by atoms with E-state index in [1.807, 2.05) is 19.9 Å². The van der Waals surface area contributed by atoms with Gasteiger partial charge < -0.3 is 23.8 Å². The van der Waals surface area contributed by atoms with Crippen LogP contribution in [-0.4, -0.2) is 68.0 Å². The van der Waals surface area contributed by atoms with Crippen LogP contribution in [0.1, 0.15) is 39.5 Å². The van der Waals surface area contributed by atoms with Crippen LogP contribution in [0.4, 0.5) is 5.82 Å². The molecule has 1 aromatic rings. The van der Waals surface area contributed by atoms with Gasteiger partial charge in [-0.25, -0.2) is 0 Å². The summed E-state index contributed by atoms with van der Waals surface area (Å²) in [6.07, 6.45) is 6.91. The Kier molecular flexibility index (Phi) is 7.46. The normalized spacial score (nSPS) is 23.7. The van der Waals surface area contributed by atoms with Crippen LogP contribution in [0.2, 0.25) is 0 Å². The number of nitrogens with zero attached hydrogens (tertiary/aromatic N) is 3. The molecule has 0 N–H and O–H groups in total. The predicted molar refractivity (Wildman–Crippen MR) is 98.8 cm³/mol. The molecule has 7 nitrogen and oxygen atoms in total. The largest absolute Gasteiger partial charge is 0.489 e. The van der Waals surface area contributed by atoms with Gasteiger partial charge in [-0.05, 0) is 39.5 Å². The minimum absolute atomic E-state index is 0.345. The highest BCUT2D eigenvalue weighted by Gasteiger charge is 2.33. The molecule has 1 aliphatic heterocycles. The highest BCUT2D eigenvalue weighted by Crippen LogP contribution is 2.30. The minimum Gasteiger partial charge on any atom is -0.489 e. The molecule has 3 rings (SSSR count). The summed E-state index contributed by atoms with van der Waals surface area (Å²) in [5.74, 6) is 1.61. The Hall–Kier alpha value is -1.44. The van der Waals surface area contributed by atoms with Crippen LogP contribution >= 0.6 is 0 Å². The van der Waals surface area contributed by atoms with Crippen molar-refractivity contribution in [2.24, 2.45) is 0 Å². The smallest absolute Gasteiger partial charge is 0.154 e. The van der Waals surface area contributed by atoms with Crippen molar-refractivity contribution in [2.45, 2.75) is 57.8 Å². The first-order valence-corrected chi connectivity index (χ1v) is 9.83. The molecule has 2 aliphatic rings. The Morgan fingerprint density at radius 1 is 1.04 bits per heavy atom. The average molecular weight is 365 g/mol. The second kappa shape index (κ2) is 10.0. The van der Waals surface area contributed by atoms with E-state index in [1.165, 1.54) is 0 Å². The van der Waals surface area contributed by atoms with Gasteiger partial charge in [0.15, 0.2) is 5.82 Å². The van der Waals surface area contributed by atoms with E-state index in [9.17, 15) is 0 Å². The molecule has 0 amide bonds. The molecule has 0 atom stereocenters. The first-order chi connectivity index (χ1) is 12.8. The highest BCUT2D eigenvalue weighted by atomic mass is 16.5. The number of aromatic nitrogens is 2. The van der Waals surface area contributed by atoms with Gasteiger partial charge in [0.1, 0.15) is 12.4 Å². The molecule has 2 fully saturated rings. The van der Waals surface area contributed by atoms with Crippen molar-refractivity contribution in [3.05, 3.63) is 12.3 Å². The molecule has 0 radical (unpaired) electrons. The summed E-state index contributed by atoms with van der Waals surface area (Å²) in [6, 6.07) is 1.96. The van der Waals surface area contributed by atoms with E-state index in [4.69, 9.17) is 18.9 Å². The highest BCUT2D eigenvalue weighted by molar-refractivity contribution is 5.42. The fraction of sp³-hybridized carbons (Fsp3) is 0.789. The maximum absolute atomic E-state index is 6.21. The van der Waals surface area contributed by atoms with Crippen LogP contribution in [0.15, 0.2) is 12.3 Å². The Balaban J connectivity index is 1.39. The molecule has 7 heteroatoms. The fourth-order valence-electron chi connectivity index (χ4n) is 3.43. The summed E-state index contributed by atoms with van der Waals surface area (Å²) in [6.45, 7) is 8.50. The molecule has 1 saturated heterocycles. The maximum Gasteiger partial charge on any atom is 0.154 e. The van der Waals surface area contributed by atoms with E-state index in [0.29, 0.717) is 38.1 Å². The zero-order valence-electron chi connectivity index (χ0n) is 15.9. The van der Waals surface area contributed by atoms with Gasteiger partial charge in [0.05, 0.1) is 31.1 Å². The van der Waals surface area contributed by atoms with Crippen LogP contribution < -0.4 is 9.64 Å². The Bertz CT molecular complexity index is 531. The monoisotopic (exact) mass is 365 g/mol. The van der Waals surface area contributed by atoms with Gasteiger partial charge in [-0.2, -0.15) is 5.10 Å². The van der Waals surface area contributed by atoms with E-state index >= 15 is 0 Å². The number of hydrogen-bond acceptors (Lipinski definition) is 7. The molecule has 2 heterocycles. The van der Waals surface area contributed by atoms with Crippen molar-refractivity contribution in [1.29, 1.82) is 0 Å². The van der Waals surface area contributed by atoms with Gasteiger partial charge in [0.25, 0.3) is 0 Å². The molecule has 146 valence electrons. The van der Waals surface area contributed by atoms with Crippen molar-refractivity contribution < 1.29 is 18.9 Å². The van der Waals surface area contributed by atoms with E-state index in [-0.39, 0.29) is 0 Å². The summed E-state index contributed by atoms with van der Waals surface area (Å²) in [7, 11) is 0. The summed E-state index contributed by atoms with van der Waals surface area (Å²) < 4.78 is 22.8. The minimum atomic E-state index is 0.345. The van der Waals surface area contributed by atoms with Crippen LogP contribution in [0.5, 0.6) is 5.75 Å². The lowest BCUT2D eigenvalue weighted by Gasteiger charge is -2.39. The van der Waals surface area contributed by atoms with Crippen LogP contribution in [0.25, 0.3) is 0 Å². The lowest BCUT2D eigenvalue weighted by Crippen LogP contribution is -2.43. The topological polar surface area (TPSA) is 65.9 Å². The second-order valence-corrected chi connectivity index (χ2v) is 6.79. The van der Waals surface area contributed by atoms with Crippen LogP contribution in [0, 0.1) is 0 Å². The third-order valence-corrected chi connectivity index (χ3v) is 4.92. The molecular weight excluding hydrogens is 334 g/mol. The molecule has 0 aromatic carbocycles. The molecule has 1 saturated carbocycles. The molecule has 26 heavy (non-hydrogen) atoms. The van der Waals surface area contributed by atoms with E-state index in [0.717, 1.165) is 56.9 Å². The van der Waals surface area contributed by atoms with Crippen molar-refractivity contribution in [3.8, 4) is 5.75 Å². The summed E-state index contributed by atoms with van der Waals surface area (Å²) in [4.78, 5) is 2.26. The third kappa shape index (κ3) is 5.53. The third-order valence-electron chi connectivity index (χ3n) is 4.92. The van der Waals surface area contributed by atoms with Gasteiger partial charge in [-0.15, -0.1) is 5.10 Å². The van der Waals surface area contributed by atoms with Crippen LogP contribution in [0.3, 0.4) is 0 Å². The first-order valence-electron chi connectivity index (χ1n) is 9.83. The Labute approximate surface area is 156 Å². The molecule has 0 spiro atoms.